The minimum atomic E-state index is -0.0413. The van der Waals surface area contributed by atoms with Crippen LogP contribution < -0.4 is 10.6 Å². The topological polar surface area (TPSA) is 63.2 Å². The van der Waals surface area contributed by atoms with E-state index in [4.69, 9.17) is 4.74 Å². The Labute approximate surface area is 142 Å². The van der Waals surface area contributed by atoms with E-state index in [9.17, 15) is 4.79 Å². The van der Waals surface area contributed by atoms with Crippen LogP contribution in [0.3, 0.4) is 0 Å². The fourth-order valence-corrected chi connectivity index (χ4v) is 4.53. The molecule has 0 radical (unpaired) electrons. The lowest BCUT2D eigenvalue weighted by Gasteiger charge is -2.38. The van der Waals surface area contributed by atoms with Gasteiger partial charge >= 0.3 is 6.03 Å². The van der Waals surface area contributed by atoms with Crippen LogP contribution in [0.2, 0.25) is 0 Å². The summed E-state index contributed by atoms with van der Waals surface area (Å²) in [5.41, 5.74) is 1.13. The number of carbonyl (C=O) groups is 1. The number of carbonyl (C=O) groups excluding carboxylic acids is 1. The van der Waals surface area contributed by atoms with Crippen molar-refractivity contribution in [2.24, 2.45) is 0 Å². The van der Waals surface area contributed by atoms with E-state index >= 15 is 0 Å². The predicted molar refractivity (Wildman–Crippen MR) is 91.9 cm³/mol. The number of nitrogens with zero attached hydrogens (tertiary/aromatic N) is 1. The molecule has 128 valence electrons. The molecule has 1 aromatic rings. The highest BCUT2D eigenvalue weighted by Gasteiger charge is 2.40. The molecule has 1 atom stereocenters. The lowest BCUT2D eigenvalue weighted by atomic mass is 9.89. The number of thiazole rings is 1. The largest absolute Gasteiger partial charge is 0.375 e. The second-order valence-electron chi connectivity index (χ2n) is 6.81. The monoisotopic (exact) mass is 337 g/mol. The molecule has 2 N–H and O–H groups in total. The van der Waals surface area contributed by atoms with Gasteiger partial charge in [0.2, 0.25) is 0 Å². The average Bonchev–Trinajstić information content (AvgIpc) is 3.13. The summed E-state index contributed by atoms with van der Waals surface area (Å²) < 4.78 is 6.01. The number of hydrogen-bond acceptors (Lipinski definition) is 4. The van der Waals surface area contributed by atoms with Crippen LogP contribution in [0.1, 0.15) is 55.6 Å². The van der Waals surface area contributed by atoms with Gasteiger partial charge in [-0.2, -0.15) is 0 Å². The molecule has 1 unspecified atom stereocenters. The Kier molecular flexibility index (Phi) is 5.54. The quantitative estimate of drug-likeness (QED) is 0.811. The Hall–Kier alpha value is -1.14. The van der Waals surface area contributed by atoms with E-state index in [0.29, 0.717) is 6.54 Å². The standard InChI is InChI=1S/C17H27N3O2S/c1-13-12-23-15(19-13)5-4-9-18-16(21)20-14-6-10-22-17(11-14)7-2-3-8-17/h12,14H,2-11H2,1H3,(H2,18,20,21). The highest BCUT2D eigenvalue weighted by molar-refractivity contribution is 7.09. The fourth-order valence-electron chi connectivity index (χ4n) is 3.71. The van der Waals surface area contributed by atoms with Gasteiger partial charge in [0.1, 0.15) is 0 Å². The number of aromatic nitrogens is 1. The zero-order valence-corrected chi connectivity index (χ0v) is 14.7. The van der Waals surface area contributed by atoms with Crippen LogP contribution in [0.5, 0.6) is 0 Å². The number of aryl methyl sites for hydroxylation is 2. The average molecular weight is 337 g/mol. The maximum absolute atomic E-state index is 12.1. The summed E-state index contributed by atoms with van der Waals surface area (Å²) in [6.45, 7) is 3.48. The van der Waals surface area contributed by atoms with Crippen molar-refractivity contribution in [2.45, 2.75) is 69.9 Å². The van der Waals surface area contributed by atoms with Crippen LogP contribution in [0.15, 0.2) is 5.38 Å². The van der Waals surface area contributed by atoms with E-state index < -0.39 is 0 Å². The first kappa shape index (κ1) is 16.7. The summed E-state index contributed by atoms with van der Waals surface area (Å²) in [5.74, 6) is 0. The Morgan fingerprint density at radius 2 is 2.30 bits per heavy atom. The van der Waals surface area contributed by atoms with E-state index in [1.165, 1.54) is 12.8 Å². The second kappa shape index (κ2) is 7.62. The van der Waals surface area contributed by atoms with E-state index in [0.717, 1.165) is 55.8 Å². The third-order valence-corrected chi connectivity index (χ3v) is 5.89. The molecule has 1 saturated carbocycles. The number of ether oxygens (including phenoxy) is 1. The van der Waals surface area contributed by atoms with Gasteiger partial charge < -0.3 is 15.4 Å². The highest BCUT2D eigenvalue weighted by Crippen LogP contribution is 2.39. The van der Waals surface area contributed by atoms with Gasteiger partial charge in [-0.3, -0.25) is 0 Å². The summed E-state index contributed by atoms with van der Waals surface area (Å²) in [7, 11) is 0. The Balaban J connectivity index is 1.34. The molecule has 0 aromatic carbocycles. The number of urea groups is 1. The molecule has 23 heavy (non-hydrogen) atoms. The zero-order chi connectivity index (χ0) is 16.1. The van der Waals surface area contributed by atoms with Gasteiger partial charge in [0.25, 0.3) is 0 Å². The molecule has 0 bridgehead atoms. The Morgan fingerprint density at radius 3 is 3.04 bits per heavy atom. The second-order valence-corrected chi connectivity index (χ2v) is 7.76. The van der Waals surface area contributed by atoms with E-state index in [2.05, 4.69) is 21.0 Å². The summed E-state index contributed by atoms with van der Waals surface area (Å²) in [6.07, 6.45) is 8.58. The van der Waals surface area contributed by atoms with Crippen LogP contribution in [0.25, 0.3) is 0 Å². The molecule has 1 aliphatic carbocycles. The first-order valence-electron chi connectivity index (χ1n) is 8.75. The number of rotatable bonds is 5. The Morgan fingerprint density at radius 1 is 1.48 bits per heavy atom. The molecule has 3 rings (SSSR count). The van der Waals surface area contributed by atoms with Crippen molar-refractivity contribution in [3.8, 4) is 0 Å². The van der Waals surface area contributed by atoms with Gasteiger partial charge in [-0.25, -0.2) is 9.78 Å². The highest BCUT2D eigenvalue weighted by atomic mass is 32.1. The predicted octanol–water partition coefficient (Wildman–Crippen LogP) is 3.18. The molecular weight excluding hydrogens is 310 g/mol. The SMILES string of the molecule is Cc1csc(CCCNC(=O)NC2CCOC3(CCCC3)C2)n1. The lowest BCUT2D eigenvalue weighted by molar-refractivity contribution is -0.0820. The molecular formula is C17H27N3O2S. The molecule has 1 saturated heterocycles. The van der Waals surface area contributed by atoms with Crippen LogP contribution >= 0.6 is 11.3 Å². The summed E-state index contributed by atoms with van der Waals surface area (Å²) in [4.78, 5) is 16.5. The number of amides is 2. The van der Waals surface area contributed by atoms with Crippen molar-refractivity contribution in [3.63, 3.8) is 0 Å². The van der Waals surface area contributed by atoms with Crippen LogP contribution in [0.4, 0.5) is 4.79 Å². The van der Waals surface area contributed by atoms with Crippen molar-refractivity contribution in [2.75, 3.05) is 13.2 Å². The number of hydrogen-bond donors (Lipinski definition) is 2. The third kappa shape index (κ3) is 4.67. The smallest absolute Gasteiger partial charge is 0.315 e. The van der Waals surface area contributed by atoms with Crippen LogP contribution in [-0.4, -0.2) is 35.8 Å². The van der Waals surface area contributed by atoms with Crippen molar-refractivity contribution < 1.29 is 9.53 Å². The summed E-state index contributed by atoms with van der Waals surface area (Å²) in [6, 6.07) is 0.212. The van der Waals surface area contributed by atoms with Gasteiger partial charge in [0, 0.05) is 36.7 Å². The molecule has 1 spiro atoms. The van der Waals surface area contributed by atoms with Gasteiger partial charge in [0.15, 0.2) is 0 Å². The normalized spacial score (nSPS) is 23.1. The molecule has 5 nitrogen and oxygen atoms in total. The molecule has 1 aliphatic heterocycles. The molecule has 2 amide bonds. The maximum Gasteiger partial charge on any atom is 0.315 e. The molecule has 6 heteroatoms. The zero-order valence-electron chi connectivity index (χ0n) is 13.9. The molecule has 1 aromatic heterocycles. The van der Waals surface area contributed by atoms with Gasteiger partial charge in [-0.1, -0.05) is 12.8 Å². The van der Waals surface area contributed by atoms with E-state index in [1.54, 1.807) is 11.3 Å². The van der Waals surface area contributed by atoms with Crippen molar-refractivity contribution >= 4 is 17.4 Å². The first-order valence-corrected chi connectivity index (χ1v) is 9.63. The number of nitrogens with one attached hydrogen (secondary N) is 2. The molecule has 2 aliphatic rings. The maximum atomic E-state index is 12.1. The van der Waals surface area contributed by atoms with Gasteiger partial charge in [-0.15, -0.1) is 11.3 Å². The fraction of sp³-hybridized carbons (Fsp3) is 0.765. The van der Waals surface area contributed by atoms with Gasteiger partial charge in [-0.05, 0) is 39.0 Å². The van der Waals surface area contributed by atoms with Crippen molar-refractivity contribution in [1.29, 1.82) is 0 Å². The third-order valence-electron chi connectivity index (χ3n) is 4.86. The van der Waals surface area contributed by atoms with Crippen molar-refractivity contribution in [3.05, 3.63) is 16.1 Å². The minimum Gasteiger partial charge on any atom is -0.375 e. The van der Waals surface area contributed by atoms with E-state index in [-0.39, 0.29) is 17.7 Å². The minimum absolute atomic E-state index is 0.0413. The molecule has 2 heterocycles. The summed E-state index contributed by atoms with van der Waals surface area (Å²) >= 11 is 1.69. The Bertz CT molecular complexity index is 526. The first-order chi connectivity index (χ1) is 11.2. The van der Waals surface area contributed by atoms with Gasteiger partial charge in [0.05, 0.1) is 10.6 Å². The molecule has 2 fully saturated rings. The van der Waals surface area contributed by atoms with Crippen molar-refractivity contribution in [1.82, 2.24) is 15.6 Å². The van der Waals surface area contributed by atoms with E-state index in [1.807, 2.05) is 6.92 Å². The lowest BCUT2D eigenvalue weighted by Crippen LogP contribution is -2.50. The van der Waals surface area contributed by atoms with Crippen LogP contribution in [0, 0.1) is 6.92 Å². The van der Waals surface area contributed by atoms with Crippen LogP contribution in [-0.2, 0) is 11.2 Å². The summed E-state index contributed by atoms with van der Waals surface area (Å²) in [5, 5.41) is 9.32.